The molecule has 1 aromatic carbocycles. The average Bonchev–Trinajstić information content (AvgIpc) is 3.11. The van der Waals surface area contributed by atoms with Crippen molar-refractivity contribution >= 4 is 23.6 Å². The van der Waals surface area contributed by atoms with E-state index < -0.39 is 18.2 Å². The fraction of sp³-hybridized carbons (Fsp3) is 0.450. The van der Waals surface area contributed by atoms with Crippen molar-refractivity contribution in [1.29, 1.82) is 0 Å². The molecule has 1 saturated heterocycles. The van der Waals surface area contributed by atoms with Gasteiger partial charge in [0.15, 0.2) is 12.2 Å². The highest BCUT2D eigenvalue weighted by Gasteiger charge is 2.52. The van der Waals surface area contributed by atoms with E-state index in [0.29, 0.717) is 6.54 Å². The lowest BCUT2D eigenvalue weighted by Crippen LogP contribution is -2.63. The van der Waals surface area contributed by atoms with Gasteiger partial charge in [-0.25, -0.2) is 9.79 Å². The number of likely N-dealkylation sites (N-methyl/N-ethyl adjacent to an activating group) is 1. The van der Waals surface area contributed by atoms with Gasteiger partial charge in [-0.05, 0) is 51.0 Å². The normalized spacial score (nSPS) is 23.8. The number of hydrogen-bond acceptors (Lipinski definition) is 6. The Morgan fingerprint density at radius 3 is 2.43 bits per heavy atom. The molecule has 28 heavy (non-hydrogen) atoms. The summed E-state index contributed by atoms with van der Waals surface area (Å²) in [5.41, 5.74) is 5.62. The minimum absolute atomic E-state index is 0.297. The van der Waals surface area contributed by atoms with Crippen LogP contribution in [0.15, 0.2) is 34.6 Å². The van der Waals surface area contributed by atoms with Crippen molar-refractivity contribution in [3.8, 4) is 0 Å². The van der Waals surface area contributed by atoms with Gasteiger partial charge in [0.2, 0.25) is 5.96 Å². The number of anilines is 1. The Morgan fingerprint density at radius 2 is 1.75 bits per heavy atom. The Labute approximate surface area is 164 Å². The summed E-state index contributed by atoms with van der Waals surface area (Å²) in [7, 11) is 1.67. The predicted molar refractivity (Wildman–Crippen MR) is 108 cm³/mol. The number of nitrogens with one attached hydrogen (secondary N) is 2. The minimum atomic E-state index is -0.509. The molecule has 4 rings (SSSR count). The second-order valence-corrected chi connectivity index (χ2v) is 7.69. The fourth-order valence-corrected chi connectivity index (χ4v) is 4.18. The van der Waals surface area contributed by atoms with Crippen molar-refractivity contribution < 1.29 is 9.59 Å². The highest BCUT2D eigenvalue weighted by Crippen LogP contribution is 2.35. The summed E-state index contributed by atoms with van der Waals surface area (Å²) in [6.45, 7) is 9.65. The van der Waals surface area contributed by atoms with Crippen LogP contribution in [0.5, 0.6) is 0 Å². The lowest BCUT2D eigenvalue weighted by atomic mass is 10.1. The second-order valence-electron chi connectivity index (χ2n) is 7.69. The number of rotatable bonds is 4. The van der Waals surface area contributed by atoms with E-state index >= 15 is 0 Å². The standard InChI is InChI=1S/C20H26N6O2/c1-11-8-12(2)10-15(9-11)21-6-7-25-13(3)14(4)26-16-17(22-19(25)26)24(5)20(28)23-18(16)27/h8-10,16-17,21H,6-7H2,1-5H3,(H,23,27,28). The molecule has 0 bridgehead atoms. The third kappa shape index (κ3) is 2.80. The first kappa shape index (κ1) is 18.3. The summed E-state index contributed by atoms with van der Waals surface area (Å²) in [4.78, 5) is 34.7. The van der Waals surface area contributed by atoms with E-state index in [0.717, 1.165) is 29.6 Å². The van der Waals surface area contributed by atoms with Crippen LogP contribution in [0.25, 0.3) is 0 Å². The molecule has 0 aliphatic carbocycles. The molecule has 3 amide bonds. The molecule has 0 saturated carbocycles. The van der Waals surface area contributed by atoms with E-state index in [1.165, 1.54) is 16.0 Å². The molecule has 2 unspecified atom stereocenters. The smallest absolute Gasteiger partial charge is 0.325 e. The molecule has 2 atom stereocenters. The van der Waals surface area contributed by atoms with E-state index in [1.54, 1.807) is 7.05 Å². The highest BCUT2D eigenvalue weighted by atomic mass is 16.2. The topological polar surface area (TPSA) is 80.3 Å². The number of allylic oxidation sites excluding steroid dienone is 2. The minimum Gasteiger partial charge on any atom is -0.383 e. The average molecular weight is 382 g/mol. The van der Waals surface area contributed by atoms with Gasteiger partial charge in [0.25, 0.3) is 5.91 Å². The number of benzene rings is 1. The monoisotopic (exact) mass is 382 g/mol. The number of guanidine groups is 1. The van der Waals surface area contributed by atoms with Crippen LogP contribution in [0, 0.1) is 13.8 Å². The first-order valence-electron chi connectivity index (χ1n) is 9.50. The van der Waals surface area contributed by atoms with E-state index in [-0.39, 0.29) is 5.91 Å². The summed E-state index contributed by atoms with van der Waals surface area (Å²) in [5.74, 6) is 0.443. The molecule has 0 radical (unpaired) electrons. The largest absolute Gasteiger partial charge is 0.383 e. The first-order chi connectivity index (χ1) is 13.3. The molecule has 2 N–H and O–H groups in total. The second kappa shape index (κ2) is 6.54. The zero-order valence-corrected chi connectivity index (χ0v) is 16.9. The summed E-state index contributed by atoms with van der Waals surface area (Å²) < 4.78 is 0. The molecule has 3 aliphatic rings. The lowest BCUT2D eigenvalue weighted by molar-refractivity contribution is -0.126. The van der Waals surface area contributed by atoms with Gasteiger partial charge in [0.1, 0.15) is 0 Å². The summed E-state index contributed by atoms with van der Waals surface area (Å²) in [6, 6.07) is 5.49. The summed E-state index contributed by atoms with van der Waals surface area (Å²) in [6.07, 6.45) is -0.491. The zero-order valence-electron chi connectivity index (χ0n) is 16.9. The van der Waals surface area contributed by atoms with Gasteiger partial charge in [0, 0.05) is 37.2 Å². The molecule has 1 aromatic rings. The number of hydrogen-bond donors (Lipinski definition) is 2. The molecule has 3 heterocycles. The van der Waals surface area contributed by atoms with Gasteiger partial charge in [-0.3, -0.25) is 15.0 Å². The Hall–Kier alpha value is -3.03. The Balaban J connectivity index is 1.52. The van der Waals surface area contributed by atoms with Crippen LogP contribution >= 0.6 is 0 Å². The molecule has 3 aliphatic heterocycles. The highest BCUT2D eigenvalue weighted by molar-refractivity contribution is 6.05. The van der Waals surface area contributed by atoms with Crippen LogP contribution in [0.2, 0.25) is 0 Å². The van der Waals surface area contributed by atoms with Gasteiger partial charge in [-0.15, -0.1) is 0 Å². The van der Waals surface area contributed by atoms with Gasteiger partial charge >= 0.3 is 6.03 Å². The van der Waals surface area contributed by atoms with Gasteiger partial charge < -0.3 is 15.1 Å². The molecule has 0 spiro atoms. The molecular formula is C20H26N6O2. The van der Waals surface area contributed by atoms with Crippen LogP contribution in [-0.4, -0.2) is 64.9 Å². The maximum Gasteiger partial charge on any atom is 0.325 e. The van der Waals surface area contributed by atoms with E-state index in [9.17, 15) is 9.59 Å². The fourth-order valence-electron chi connectivity index (χ4n) is 4.18. The number of carbonyl (C=O) groups excluding carboxylic acids is 2. The number of nitrogens with zero attached hydrogens (tertiary/aromatic N) is 4. The predicted octanol–water partition coefficient (Wildman–Crippen LogP) is 1.83. The van der Waals surface area contributed by atoms with Crippen LogP contribution in [0.3, 0.4) is 0 Å². The maximum absolute atomic E-state index is 12.5. The quantitative estimate of drug-likeness (QED) is 0.831. The third-order valence-electron chi connectivity index (χ3n) is 5.66. The van der Waals surface area contributed by atoms with Crippen LogP contribution in [0.4, 0.5) is 10.5 Å². The molecule has 148 valence electrons. The van der Waals surface area contributed by atoms with Crippen molar-refractivity contribution in [1.82, 2.24) is 20.0 Å². The van der Waals surface area contributed by atoms with Crippen molar-refractivity contribution in [3.63, 3.8) is 0 Å². The van der Waals surface area contributed by atoms with E-state index in [4.69, 9.17) is 4.99 Å². The molecule has 8 nitrogen and oxygen atoms in total. The molecule has 8 heteroatoms. The Kier molecular flexibility index (Phi) is 4.28. The molecular weight excluding hydrogens is 356 g/mol. The summed E-state index contributed by atoms with van der Waals surface area (Å²) >= 11 is 0. The van der Waals surface area contributed by atoms with Crippen LogP contribution in [-0.2, 0) is 4.79 Å². The maximum atomic E-state index is 12.5. The van der Waals surface area contributed by atoms with E-state index in [2.05, 4.69) is 47.6 Å². The Bertz CT molecular complexity index is 901. The number of imide groups is 1. The number of aliphatic imine (C=N–C) groups is 1. The first-order valence-corrected chi connectivity index (χ1v) is 9.50. The van der Waals surface area contributed by atoms with Crippen molar-refractivity contribution in [2.45, 2.75) is 39.9 Å². The number of amides is 3. The SMILES string of the molecule is CC1=C(C)N2C(=NC3C2C(=O)NC(=O)N3C)N1CCNc1cc(C)cc(C)c1. The van der Waals surface area contributed by atoms with Crippen molar-refractivity contribution in [2.75, 3.05) is 25.5 Å². The van der Waals surface area contributed by atoms with Crippen molar-refractivity contribution in [2.24, 2.45) is 4.99 Å². The van der Waals surface area contributed by atoms with Gasteiger partial charge in [-0.2, -0.15) is 0 Å². The lowest BCUT2D eigenvalue weighted by Gasteiger charge is -2.35. The third-order valence-corrected chi connectivity index (χ3v) is 5.66. The van der Waals surface area contributed by atoms with Gasteiger partial charge in [-0.1, -0.05) is 6.07 Å². The number of aryl methyl sites for hydroxylation is 2. The van der Waals surface area contributed by atoms with Crippen LogP contribution in [0.1, 0.15) is 25.0 Å². The number of carbonyl (C=O) groups is 2. The Morgan fingerprint density at radius 1 is 1.07 bits per heavy atom. The van der Waals surface area contributed by atoms with Crippen molar-refractivity contribution in [3.05, 3.63) is 40.7 Å². The summed E-state index contributed by atoms with van der Waals surface area (Å²) in [5, 5.41) is 5.89. The number of urea groups is 1. The molecule has 0 aromatic heterocycles. The van der Waals surface area contributed by atoms with Gasteiger partial charge in [0.05, 0.1) is 0 Å². The number of fused-ring (bicyclic) bond motifs is 3. The van der Waals surface area contributed by atoms with E-state index in [1.807, 2.05) is 18.7 Å². The van der Waals surface area contributed by atoms with Crippen LogP contribution < -0.4 is 10.6 Å². The zero-order chi connectivity index (χ0) is 20.2. The molecule has 1 fully saturated rings.